The highest BCUT2D eigenvalue weighted by Gasteiger charge is 2.41. The van der Waals surface area contributed by atoms with Crippen molar-refractivity contribution in [1.82, 2.24) is 5.32 Å². The number of nitrogens with zero attached hydrogens (tertiary/aromatic N) is 1. The molecule has 2 aromatic carbocycles. The first kappa shape index (κ1) is 33.4. The van der Waals surface area contributed by atoms with Crippen molar-refractivity contribution < 1.29 is 23.5 Å². The van der Waals surface area contributed by atoms with Gasteiger partial charge in [-0.1, -0.05) is 84.6 Å². The number of rotatable bonds is 6. The number of imide groups is 1. The van der Waals surface area contributed by atoms with E-state index in [0.717, 1.165) is 29.4 Å². The molecule has 2 unspecified atom stereocenters. The van der Waals surface area contributed by atoms with E-state index in [2.05, 4.69) is 27.2 Å². The zero-order valence-corrected chi connectivity index (χ0v) is 27.2. The fourth-order valence-electron chi connectivity index (χ4n) is 4.65. The van der Waals surface area contributed by atoms with E-state index in [1.165, 1.54) is 6.07 Å². The monoisotopic (exact) mass is 658 g/mol. The Kier molecular flexibility index (Phi) is 10.7. The van der Waals surface area contributed by atoms with E-state index in [-0.39, 0.29) is 38.1 Å². The summed E-state index contributed by atoms with van der Waals surface area (Å²) in [6.45, 7) is 11.8. The van der Waals surface area contributed by atoms with Gasteiger partial charge in [-0.05, 0) is 63.5 Å². The molecule has 2 aliphatic rings. The Morgan fingerprint density at radius 2 is 1.62 bits per heavy atom. The van der Waals surface area contributed by atoms with Crippen LogP contribution in [0.5, 0.6) is 5.75 Å². The molecule has 4 rings (SSSR count). The number of ether oxygens (including phenoxy) is 1. The maximum Gasteiger partial charge on any atom is 0.261 e. The quantitative estimate of drug-likeness (QED) is 0.198. The summed E-state index contributed by atoms with van der Waals surface area (Å²) < 4.78 is 19.8. The first-order chi connectivity index (χ1) is 19.6. The summed E-state index contributed by atoms with van der Waals surface area (Å²) in [6.07, 6.45) is 7.47. The number of hydrogen-bond acceptors (Lipinski definition) is 4. The zero-order valence-electron chi connectivity index (χ0n) is 24.8. The van der Waals surface area contributed by atoms with E-state index in [4.69, 9.17) is 22.8 Å². The van der Waals surface area contributed by atoms with Crippen LogP contribution < -0.4 is 15.0 Å². The number of anilines is 1. The van der Waals surface area contributed by atoms with Gasteiger partial charge in [-0.2, -0.15) is 0 Å². The van der Waals surface area contributed by atoms with E-state index in [9.17, 15) is 18.8 Å². The molecule has 1 aliphatic heterocycles. The molecule has 2 atom stereocenters. The van der Waals surface area contributed by atoms with Crippen molar-refractivity contribution in [2.24, 2.45) is 5.41 Å². The van der Waals surface area contributed by atoms with Gasteiger partial charge >= 0.3 is 0 Å². The minimum absolute atomic E-state index is 0.0233. The SMILES string of the molecule is C#CC(C)Oc1cc(N2C(=O)C3=C(CCCC3)C2=O)c(F)cc1Cl.CC(C)(NC(=O)C(Br)C(C)(C)C)c1ccccc1. The fraction of sp³-hybridized carbons (Fsp3) is 0.424. The van der Waals surface area contributed by atoms with Gasteiger partial charge in [0, 0.05) is 17.2 Å². The van der Waals surface area contributed by atoms with Gasteiger partial charge in [0.1, 0.15) is 11.6 Å². The van der Waals surface area contributed by atoms with Gasteiger partial charge in [-0.3, -0.25) is 14.4 Å². The van der Waals surface area contributed by atoms with E-state index < -0.39 is 23.7 Å². The molecule has 42 heavy (non-hydrogen) atoms. The molecule has 0 radical (unpaired) electrons. The van der Waals surface area contributed by atoms with Crippen LogP contribution in [-0.2, 0) is 19.9 Å². The van der Waals surface area contributed by atoms with Crippen LogP contribution in [-0.4, -0.2) is 28.7 Å². The van der Waals surface area contributed by atoms with Crippen LogP contribution in [0.3, 0.4) is 0 Å². The van der Waals surface area contributed by atoms with Crippen molar-refractivity contribution in [3.63, 3.8) is 0 Å². The second-order valence-electron chi connectivity index (χ2n) is 12.0. The lowest BCUT2D eigenvalue weighted by molar-refractivity contribution is -0.124. The third kappa shape index (κ3) is 7.62. The molecule has 1 aliphatic carbocycles. The van der Waals surface area contributed by atoms with Crippen molar-refractivity contribution in [2.75, 3.05) is 4.90 Å². The van der Waals surface area contributed by atoms with Crippen molar-refractivity contribution in [1.29, 1.82) is 0 Å². The Bertz CT molecular complexity index is 1400. The highest BCUT2D eigenvalue weighted by molar-refractivity contribution is 9.10. The van der Waals surface area contributed by atoms with Crippen LogP contribution in [0.1, 0.15) is 72.8 Å². The van der Waals surface area contributed by atoms with Crippen LogP contribution >= 0.6 is 27.5 Å². The standard InChI is InChI=1S/C18H15ClFNO3.C15H22BrNO/c1-3-10(2)24-16-9-15(14(20)8-13(16)19)21-17(22)11-6-4-5-7-12(11)18(21)23;1-14(2,3)12(16)13(18)17-15(4,5)11-9-7-6-8-10-11/h1,8-10H,4-7H2,2H3;6-10,12H,1-5H3,(H,17,18). The average molecular weight is 660 g/mol. The zero-order chi connectivity index (χ0) is 31.4. The summed E-state index contributed by atoms with van der Waals surface area (Å²) >= 11 is 9.45. The summed E-state index contributed by atoms with van der Waals surface area (Å²) in [4.78, 5) is 38.0. The summed E-state index contributed by atoms with van der Waals surface area (Å²) in [7, 11) is 0. The third-order valence-corrected chi connectivity index (χ3v) is 9.18. The van der Waals surface area contributed by atoms with Gasteiger partial charge in [0.2, 0.25) is 5.91 Å². The molecule has 0 bridgehead atoms. The highest BCUT2D eigenvalue weighted by atomic mass is 79.9. The maximum atomic E-state index is 14.4. The number of alkyl halides is 1. The lowest BCUT2D eigenvalue weighted by Gasteiger charge is -2.31. The van der Waals surface area contributed by atoms with Crippen molar-refractivity contribution in [2.45, 2.75) is 83.7 Å². The van der Waals surface area contributed by atoms with E-state index >= 15 is 0 Å². The molecule has 9 heteroatoms. The summed E-state index contributed by atoms with van der Waals surface area (Å²) in [5.41, 5.74) is 1.45. The Balaban J connectivity index is 0.000000241. The summed E-state index contributed by atoms with van der Waals surface area (Å²) in [6, 6.07) is 12.3. The molecule has 6 nitrogen and oxygen atoms in total. The largest absolute Gasteiger partial charge is 0.476 e. The second kappa shape index (κ2) is 13.4. The number of amides is 3. The number of halogens is 3. The molecular formula is C33H37BrClFN2O4. The molecule has 1 heterocycles. The Labute approximate surface area is 261 Å². The highest BCUT2D eigenvalue weighted by Crippen LogP contribution is 2.39. The van der Waals surface area contributed by atoms with Crippen LogP contribution in [0.15, 0.2) is 53.6 Å². The van der Waals surface area contributed by atoms with Gasteiger partial charge in [-0.15, -0.1) is 6.42 Å². The number of carbonyl (C=O) groups excluding carboxylic acids is 3. The second-order valence-corrected chi connectivity index (χ2v) is 13.3. The van der Waals surface area contributed by atoms with Crippen molar-refractivity contribution >= 4 is 50.9 Å². The minimum Gasteiger partial charge on any atom is -0.476 e. The Morgan fingerprint density at radius 1 is 1.07 bits per heavy atom. The van der Waals surface area contributed by atoms with E-state index in [0.29, 0.717) is 24.0 Å². The van der Waals surface area contributed by atoms with Crippen molar-refractivity contribution in [3.8, 4) is 18.1 Å². The molecular weight excluding hydrogens is 623 g/mol. The minimum atomic E-state index is -0.762. The number of nitrogens with one attached hydrogen (secondary N) is 1. The van der Waals surface area contributed by atoms with Gasteiger partial charge in [0.15, 0.2) is 6.10 Å². The molecule has 0 saturated carbocycles. The fourth-order valence-corrected chi connectivity index (χ4v) is 4.96. The van der Waals surface area contributed by atoms with Crippen LogP contribution in [0.25, 0.3) is 0 Å². The van der Waals surface area contributed by atoms with Crippen LogP contribution in [0.2, 0.25) is 5.02 Å². The van der Waals surface area contributed by atoms with Gasteiger partial charge in [0.05, 0.1) is 21.1 Å². The molecule has 2 aromatic rings. The Morgan fingerprint density at radius 3 is 2.12 bits per heavy atom. The topological polar surface area (TPSA) is 75.7 Å². The molecule has 0 fully saturated rings. The molecule has 3 amide bonds. The predicted molar refractivity (Wildman–Crippen MR) is 168 cm³/mol. The lowest BCUT2D eigenvalue weighted by atomic mass is 9.89. The predicted octanol–water partition coefficient (Wildman–Crippen LogP) is 7.47. The molecule has 0 saturated heterocycles. The van der Waals surface area contributed by atoms with E-state index in [1.54, 1.807) is 6.92 Å². The maximum absolute atomic E-state index is 14.4. The van der Waals surface area contributed by atoms with Crippen LogP contribution in [0.4, 0.5) is 10.1 Å². The van der Waals surface area contributed by atoms with Crippen LogP contribution in [0, 0.1) is 23.6 Å². The number of terminal acetylenes is 1. The first-order valence-corrected chi connectivity index (χ1v) is 15.1. The molecule has 0 spiro atoms. The molecule has 1 N–H and O–H groups in total. The summed E-state index contributed by atoms with van der Waals surface area (Å²) in [5, 5.41) is 3.12. The number of benzene rings is 2. The smallest absolute Gasteiger partial charge is 0.261 e. The number of carbonyl (C=O) groups is 3. The lowest BCUT2D eigenvalue weighted by Crippen LogP contribution is -2.47. The average Bonchev–Trinajstić information content (AvgIpc) is 3.19. The van der Waals surface area contributed by atoms with Crippen molar-refractivity contribution in [3.05, 3.63) is 70.0 Å². The molecule has 0 aromatic heterocycles. The molecule has 224 valence electrons. The first-order valence-electron chi connectivity index (χ1n) is 13.8. The van der Waals surface area contributed by atoms with E-state index in [1.807, 2.05) is 65.0 Å². The van der Waals surface area contributed by atoms with Gasteiger partial charge < -0.3 is 10.1 Å². The Hall–Kier alpha value is -3.15. The van der Waals surface area contributed by atoms with Gasteiger partial charge in [0.25, 0.3) is 11.8 Å². The third-order valence-electron chi connectivity index (χ3n) is 7.09. The van der Waals surface area contributed by atoms with Gasteiger partial charge in [-0.25, -0.2) is 9.29 Å². The normalized spacial score (nSPS) is 16.6. The number of hydrogen-bond donors (Lipinski definition) is 1. The summed E-state index contributed by atoms with van der Waals surface area (Å²) in [5.74, 6) is 0.832.